The van der Waals surface area contributed by atoms with Crippen LogP contribution in [0.3, 0.4) is 0 Å². The summed E-state index contributed by atoms with van der Waals surface area (Å²) in [4.78, 5) is 22.4. The number of carbonyl (C=O) groups excluding carboxylic acids is 1. The van der Waals surface area contributed by atoms with Crippen molar-refractivity contribution in [2.24, 2.45) is 0 Å². The summed E-state index contributed by atoms with van der Waals surface area (Å²) in [6.07, 6.45) is 0. The molecular formula is C20H17N3O5S. The van der Waals surface area contributed by atoms with Gasteiger partial charge in [0.1, 0.15) is 0 Å². The van der Waals surface area contributed by atoms with E-state index in [1.807, 2.05) is 13.0 Å². The number of sulfonamides is 1. The molecule has 0 saturated heterocycles. The normalized spacial score (nSPS) is 10.9. The molecule has 0 aromatic heterocycles. The van der Waals surface area contributed by atoms with E-state index in [1.165, 1.54) is 48.5 Å². The fraction of sp³-hybridized carbons (Fsp3) is 0.0500. The van der Waals surface area contributed by atoms with Crippen molar-refractivity contribution in [2.75, 3.05) is 10.0 Å². The number of non-ortho nitro benzene ring substituents is 1. The summed E-state index contributed by atoms with van der Waals surface area (Å²) < 4.78 is 27.5. The average Bonchev–Trinajstić information content (AvgIpc) is 2.68. The van der Waals surface area contributed by atoms with Crippen molar-refractivity contribution < 1.29 is 18.1 Å². The van der Waals surface area contributed by atoms with Gasteiger partial charge in [0.15, 0.2) is 0 Å². The Kier molecular flexibility index (Phi) is 5.60. The molecule has 1 amide bonds. The average molecular weight is 411 g/mol. The van der Waals surface area contributed by atoms with Crippen molar-refractivity contribution in [3.05, 3.63) is 94.0 Å². The molecule has 0 radical (unpaired) electrons. The summed E-state index contributed by atoms with van der Waals surface area (Å²) in [5.74, 6) is -0.464. The van der Waals surface area contributed by atoms with Gasteiger partial charge >= 0.3 is 0 Å². The van der Waals surface area contributed by atoms with Gasteiger partial charge in [0.25, 0.3) is 21.6 Å². The number of nitrogens with zero attached hydrogens (tertiary/aromatic N) is 1. The van der Waals surface area contributed by atoms with Crippen LogP contribution in [-0.4, -0.2) is 19.2 Å². The van der Waals surface area contributed by atoms with Gasteiger partial charge in [-0.05, 0) is 61.0 Å². The first-order valence-corrected chi connectivity index (χ1v) is 9.98. The molecule has 148 valence electrons. The molecule has 3 aromatic carbocycles. The molecule has 3 rings (SSSR count). The Morgan fingerprint density at radius 2 is 1.59 bits per heavy atom. The van der Waals surface area contributed by atoms with E-state index >= 15 is 0 Å². The highest BCUT2D eigenvalue weighted by molar-refractivity contribution is 7.92. The van der Waals surface area contributed by atoms with E-state index in [-0.39, 0.29) is 16.1 Å². The van der Waals surface area contributed by atoms with E-state index in [1.54, 1.807) is 18.2 Å². The lowest BCUT2D eigenvalue weighted by Gasteiger charge is -2.10. The summed E-state index contributed by atoms with van der Waals surface area (Å²) in [7, 11) is -3.77. The van der Waals surface area contributed by atoms with Crippen LogP contribution in [0.2, 0.25) is 0 Å². The molecular weight excluding hydrogens is 394 g/mol. The first kappa shape index (κ1) is 20.0. The monoisotopic (exact) mass is 411 g/mol. The van der Waals surface area contributed by atoms with Crippen molar-refractivity contribution >= 4 is 33.0 Å². The Morgan fingerprint density at radius 3 is 2.17 bits per heavy atom. The Hall–Kier alpha value is -3.72. The van der Waals surface area contributed by atoms with Crippen LogP contribution in [0.1, 0.15) is 15.9 Å². The van der Waals surface area contributed by atoms with Gasteiger partial charge in [0.2, 0.25) is 0 Å². The van der Waals surface area contributed by atoms with Crippen LogP contribution in [-0.2, 0) is 10.0 Å². The second-order valence-electron chi connectivity index (χ2n) is 6.26. The van der Waals surface area contributed by atoms with Gasteiger partial charge in [-0.1, -0.05) is 12.1 Å². The molecule has 0 bridgehead atoms. The largest absolute Gasteiger partial charge is 0.322 e. The number of hydrogen-bond acceptors (Lipinski definition) is 5. The molecule has 0 aliphatic heterocycles. The van der Waals surface area contributed by atoms with Gasteiger partial charge in [-0.15, -0.1) is 0 Å². The van der Waals surface area contributed by atoms with Crippen molar-refractivity contribution in [1.82, 2.24) is 0 Å². The Bertz CT molecular complexity index is 1160. The molecule has 0 saturated carbocycles. The van der Waals surface area contributed by atoms with Crippen LogP contribution in [0.25, 0.3) is 0 Å². The third-order valence-electron chi connectivity index (χ3n) is 4.03. The maximum Gasteiger partial charge on any atom is 0.269 e. The number of aryl methyl sites for hydroxylation is 1. The lowest BCUT2D eigenvalue weighted by atomic mass is 10.2. The fourth-order valence-electron chi connectivity index (χ4n) is 2.58. The van der Waals surface area contributed by atoms with Crippen LogP contribution in [0.15, 0.2) is 77.7 Å². The van der Waals surface area contributed by atoms with Crippen LogP contribution in [0.5, 0.6) is 0 Å². The van der Waals surface area contributed by atoms with Crippen LogP contribution >= 0.6 is 0 Å². The summed E-state index contributed by atoms with van der Waals surface area (Å²) in [5.41, 5.74) is 1.91. The number of anilines is 2. The zero-order valence-electron chi connectivity index (χ0n) is 15.3. The Balaban J connectivity index is 1.70. The van der Waals surface area contributed by atoms with E-state index in [2.05, 4.69) is 10.0 Å². The second-order valence-corrected chi connectivity index (χ2v) is 7.94. The zero-order valence-corrected chi connectivity index (χ0v) is 16.1. The molecule has 9 heteroatoms. The summed E-state index contributed by atoms with van der Waals surface area (Å²) in [5, 5.41) is 13.3. The van der Waals surface area contributed by atoms with Gasteiger partial charge in [-0.3, -0.25) is 19.6 Å². The highest BCUT2D eigenvalue weighted by atomic mass is 32.2. The smallest absolute Gasteiger partial charge is 0.269 e. The molecule has 0 fully saturated rings. The third-order valence-corrected chi connectivity index (χ3v) is 5.43. The second kappa shape index (κ2) is 8.11. The van der Waals surface area contributed by atoms with Gasteiger partial charge < -0.3 is 5.32 Å². The number of amides is 1. The maximum atomic E-state index is 12.5. The highest BCUT2D eigenvalue weighted by Gasteiger charge is 2.15. The van der Waals surface area contributed by atoms with Crippen molar-refractivity contribution in [2.45, 2.75) is 11.8 Å². The molecule has 0 atom stereocenters. The van der Waals surface area contributed by atoms with E-state index in [9.17, 15) is 23.3 Å². The third kappa shape index (κ3) is 4.96. The molecule has 0 spiro atoms. The minimum Gasteiger partial charge on any atom is -0.322 e. The van der Waals surface area contributed by atoms with Crippen molar-refractivity contribution in [3.8, 4) is 0 Å². The van der Waals surface area contributed by atoms with Crippen LogP contribution < -0.4 is 10.0 Å². The zero-order chi connectivity index (χ0) is 21.0. The van der Waals surface area contributed by atoms with Gasteiger partial charge in [-0.25, -0.2) is 8.42 Å². The van der Waals surface area contributed by atoms with E-state index < -0.39 is 20.9 Å². The summed E-state index contributed by atoms with van der Waals surface area (Å²) >= 11 is 0. The molecule has 29 heavy (non-hydrogen) atoms. The van der Waals surface area contributed by atoms with Crippen LogP contribution in [0, 0.1) is 17.0 Å². The first-order valence-electron chi connectivity index (χ1n) is 8.50. The minimum atomic E-state index is -3.77. The van der Waals surface area contributed by atoms with Gasteiger partial charge in [0, 0.05) is 29.1 Å². The predicted octanol–water partition coefficient (Wildman–Crippen LogP) is 3.96. The maximum absolute atomic E-state index is 12.5. The Morgan fingerprint density at radius 1 is 0.931 bits per heavy atom. The molecule has 2 N–H and O–H groups in total. The predicted molar refractivity (Wildman–Crippen MR) is 109 cm³/mol. The molecule has 0 heterocycles. The first-order chi connectivity index (χ1) is 13.7. The number of hydrogen-bond donors (Lipinski definition) is 2. The molecule has 0 aliphatic rings. The number of nitro benzene ring substituents is 1. The lowest BCUT2D eigenvalue weighted by Crippen LogP contribution is -2.14. The lowest BCUT2D eigenvalue weighted by molar-refractivity contribution is -0.384. The van der Waals surface area contributed by atoms with Gasteiger partial charge in [0.05, 0.1) is 9.82 Å². The SMILES string of the molecule is Cc1cccc(NS(=O)(=O)c2ccc(NC(=O)c3ccc([N+](=O)[O-])cc3)cc2)c1. The topological polar surface area (TPSA) is 118 Å². The van der Waals surface area contributed by atoms with Crippen molar-refractivity contribution in [1.29, 1.82) is 0 Å². The Labute approximate surface area is 167 Å². The number of nitro groups is 1. The molecule has 8 nitrogen and oxygen atoms in total. The van der Waals surface area contributed by atoms with Crippen molar-refractivity contribution in [3.63, 3.8) is 0 Å². The van der Waals surface area contributed by atoms with E-state index in [0.29, 0.717) is 11.4 Å². The minimum absolute atomic E-state index is 0.0485. The van der Waals surface area contributed by atoms with Crippen LogP contribution in [0.4, 0.5) is 17.1 Å². The fourth-order valence-corrected chi connectivity index (χ4v) is 3.63. The number of nitrogens with one attached hydrogen (secondary N) is 2. The molecule has 0 aliphatic carbocycles. The highest BCUT2D eigenvalue weighted by Crippen LogP contribution is 2.20. The molecule has 0 unspecified atom stereocenters. The summed E-state index contributed by atoms with van der Waals surface area (Å²) in [6.45, 7) is 1.86. The van der Waals surface area contributed by atoms with Gasteiger partial charge in [-0.2, -0.15) is 0 Å². The quantitative estimate of drug-likeness (QED) is 0.470. The summed E-state index contributed by atoms with van der Waals surface area (Å²) in [6, 6.07) is 17.8. The van der Waals surface area contributed by atoms with E-state index in [4.69, 9.17) is 0 Å². The van der Waals surface area contributed by atoms with E-state index in [0.717, 1.165) is 5.56 Å². The number of benzene rings is 3. The number of carbonyl (C=O) groups is 1. The standard InChI is InChI=1S/C20H17N3O5S/c1-14-3-2-4-17(13-14)22-29(27,28)19-11-7-16(8-12-19)21-20(24)15-5-9-18(10-6-15)23(25)26/h2-13,22H,1H3,(H,21,24). The molecule has 3 aromatic rings. The number of rotatable bonds is 6.